The number of hydrogen-bond acceptors (Lipinski definition) is 8. The Morgan fingerprint density at radius 3 is 2.76 bits per heavy atom. The lowest BCUT2D eigenvalue weighted by Crippen LogP contribution is -2.18. The highest BCUT2D eigenvalue weighted by atomic mass is 16.6. The molecule has 4 aromatic rings. The molecule has 1 aliphatic rings. The van der Waals surface area contributed by atoms with E-state index in [1.54, 1.807) is 24.5 Å². The van der Waals surface area contributed by atoms with Crippen molar-refractivity contribution in [3.8, 4) is 5.75 Å². The van der Waals surface area contributed by atoms with Crippen LogP contribution < -0.4 is 10.5 Å². The first-order chi connectivity index (χ1) is 17.9. The van der Waals surface area contributed by atoms with Crippen LogP contribution in [0.2, 0.25) is 0 Å². The van der Waals surface area contributed by atoms with E-state index >= 15 is 0 Å². The average molecular weight is 502 g/mol. The number of Topliss-reactive ketones (excluding diaryl/α,β-unsaturated/α-hetero) is 1. The molecule has 10 heteroatoms. The number of aryl methyl sites for hydroxylation is 2. The summed E-state index contributed by atoms with van der Waals surface area (Å²) in [7, 11) is 0. The number of nitrogens with two attached hydrogens (primary N) is 1. The number of aromatic carboxylic acids is 1. The minimum absolute atomic E-state index is 0.0234. The fourth-order valence-corrected chi connectivity index (χ4v) is 4.64. The van der Waals surface area contributed by atoms with Crippen molar-refractivity contribution in [2.75, 3.05) is 12.3 Å². The van der Waals surface area contributed by atoms with Gasteiger partial charge in [0.25, 0.3) is 0 Å². The van der Waals surface area contributed by atoms with Crippen LogP contribution >= 0.6 is 0 Å². The average Bonchev–Trinajstić information content (AvgIpc) is 3.53. The van der Waals surface area contributed by atoms with Gasteiger partial charge in [-0.1, -0.05) is 24.3 Å². The molecule has 2 unspecified atom stereocenters. The quantitative estimate of drug-likeness (QED) is 0.325. The van der Waals surface area contributed by atoms with E-state index < -0.39 is 5.97 Å². The third kappa shape index (κ3) is 5.29. The van der Waals surface area contributed by atoms with Crippen LogP contribution in [-0.4, -0.2) is 49.1 Å². The number of hydrogen-bond donors (Lipinski definition) is 2. The van der Waals surface area contributed by atoms with Gasteiger partial charge in [0.2, 0.25) is 0 Å². The highest BCUT2D eigenvalue weighted by molar-refractivity contribution is 6.05. The Morgan fingerprint density at radius 1 is 1.14 bits per heavy atom. The highest BCUT2D eigenvalue weighted by Crippen LogP contribution is 2.31. The van der Waals surface area contributed by atoms with Crippen molar-refractivity contribution in [1.82, 2.24) is 19.5 Å². The summed E-state index contributed by atoms with van der Waals surface area (Å²) >= 11 is 0. The molecule has 0 aliphatic carbocycles. The lowest BCUT2D eigenvalue weighted by molar-refractivity contribution is -0.0159. The van der Waals surface area contributed by atoms with Gasteiger partial charge in [0.05, 0.1) is 18.0 Å². The van der Waals surface area contributed by atoms with E-state index in [-0.39, 0.29) is 35.7 Å². The summed E-state index contributed by atoms with van der Waals surface area (Å²) < 4.78 is 14.1. The van der Waals surface area contributed by atoms with Crippen molar-refractivity contribution in [2.24, 2.45) is 0 Å². The van der Waals surface area contributed by atoms with Gasteiger partial charge in [-0.25, -0.2) is 19.7 Å². The molecule has 2 aromatic heterocycles. The summed E-state index contributed by atoms with van der Waals surface area (Å²) in [6, 6.07) is 12.2. The van der Waals surface area contributed by atoms with Gasteiger partial charge in [0.15, 0.2) is 17.2 Å². The van der Waals surface area contributed by atoms with Gasteiger partial charge in [-0.15, -0.1) is 0 Å². The maximum Gasteiger partial charge on any atom is 0.336 e. The molecule has 3 heterocycles. The monoisotopic (exact) mass is 501 g/mol. The number of nitrogen functional groups attached to an aromatic ring is 1. The zero-order valence-electron chi connectivity index (χ0n) is 20.3. The van der Waals surface area contributed by atoms with Gasteiger partial charge < -0.3 is 20.3 Å². The predicted octanol–water partition coefficient (Wildman–Crippen LogP) is 3.99. The summed E-state index contributed by atoms with van der Waals surface area (Å²) in [5.41, 5.74) is 9.30. The Labute approximate surface area is 213 Å². The molecule has 2 atom stereocenters. The van der Waals surface area contributed by atoms with Gasteiger partial charge in [0.1, 0.15) is 30.4 Å². The van der Waals surface area contributed by atoms with Crippen molar-refractivity contribution >= 4 is 28.7 Å². The van der Waals surface area contributed by atoms with E-state index in [1.807, 2.05) is 29.7 Å². The van der Waals surface area contributed by atoms with Crippen LogP contribution in [-0.2, 0) is 11.2 Å². The second kappa shape index (κ2) is 10.4. The Kier molecular flexibility index (Phi) is 6.82. The third-order valence-corrected chi connectivity index (χ3v) is 6.43. The normalized spacial score (nSPS) is 17.2. The van der Waals surface area contributed by atoms with Crippen LogP contribution in [0.25, 0.3) is 11.2 Å². The van der Waals surface area contributed by atoms with Gasteiger partial charge in [-0.05, 0) is 55.5 Å². The van der Waals surface area contributed by atoms with E-state index in [2.05, 4.69) is 15.0 Å². The number of nitrogens with zero attached hydrogens (tertiary/aromatic N) is 4. The van der Waals surface area contributed by atoms with Crippen molar-refractivity contribution < 1.29 is 24.2 Å². The third-order valence-electron chi connectivity index (χ3n) is 6.43. The molecule has 10 nitrogen and oxygen atoms in total. The Hall–Kier alpha value is -4.31. The van der Waals surface area contributed by atoms with Crippen molar-refractivity contribution in [3.63, 3.8) is 0 Å². The Bertz CT molecular complexity index is 1470. The number of carbonyl (C=O) groups excluding carboxylic acids is 1. The van der Waals surface area contributed by atoms with Crippen molar-refractivity contribution in [1.29, 1.82) is 0 Å². The number of imidazole rings is 1. The Balaban J connectivity index is 1.19. The lowest BCUT2D eigenvalue weighted by Gasteiger charge is -2.16. The molecule has 0 amide bonds. The number of rotatable bonds is 9. The number of fused-ring (bicyclic) bond motifs is 1. The molecule has 0 bridgehead atoms. The molecule has 0 saturated carbocycles. The van der Waals surface area contributed by atoms with E-state index in [0.29, 0.717) is 35.8 Å². The first-order valence-corrected chi connectivity index (χ1v) is 12.1. The molecule has 37 heavy (non-hydrogen) atoms. The fourth-order valence-electron chi connectivity index (χ4n) is 4.64. The number of ether oxygens (including phenoxy) is 2. The molecule has 1 saturated heterocycles. The summed E-state index contributed by atoms with van der Waals surface area (Å²) in [5.74, 6) is -0.268. The van der Waals surface area contributed by atoms with Crippen LogP contribution in [0.4, 0.5) is 5.82 Å². The second-order valence-corrected chi connectivity index (χ2v) is 9.11. The number of carboxylic acids is 1. The molecule has 5 rings (SSSR count). The first kappa shape index (κ1) is 24.4. The highest BCUT2D eigenvalue weighted by Gasteiger charge is 2.29. The number of carboxylic acid groups (broad SMARTS) is 1. The maximum absolute atomic E-state index is 12.7. The predicted molar refractivity (Wildman–Crippen MR) is 136 cm³/mol. The Morgan fingerprint density at radius 2 is 1.95 bits per heavy atom. The van der Waals surface area contributed by atoms with Gasteiger partial charge in [-0.2, -0.15) is 0 Å². The summed E-state index contributed by atoms with van der Waals surface area (Å²) in [5, 5.41) is 9.36. The molecule has 0 radical (unpaired) electrons. The number of carbonyl (C=O) groups is 2. The van der Waals surface area contributed by atoms with E-state index in [0.717, 1.165) is 24.0 Å². The van der Waals surface area contributed by atoms with Crippen molar-refractivity contribution in [2.45, 2.75) is 44.9 Å². The largest absolute Gasteiger partial charge is 0.491 e. The minimum Gasteiger partial charge on any atom is -0.491 e. The topological polar surface area (TPSA) is 142 Å². The number of benzene rings is 2. The summed E-state index contributed by atoms with van der Waals surface area (Å²) in [6.45, 7) is 2.35. The zero-order chi connectivity index (χ0) is 25.9. The minimum atomic E-state index is -1.11. The molecule has 3 N–H and O–H groups in total. The smallest absolute Gasteiger partial charge is 0.336 e. The van der Waals surface area contributed by atoms with Crippen LogP contribution in [0.3, 0.4) is 0 Å². The molecule has 1 fully saturated rings. The van der Waals surface area contributed by atoms with Crippen molar-refractivity contribution in [3.05, 3.63) is 77.4 Å². The number of aromatic nitrogens is 4. The molecular weight excluding hydrogens is 474 g/mol. The number of ketones is 1. The van der Waals surface area contributed by atoms with Gasteiger partial charge in [0, 0.05) is 12.0 Å². The number of anilines is 1. The first-order valence-electron chi connectivity index (χ1n) is 12.1. The summed E-state index contributed by atoms with van der Waals surface area (Å²) in [4.78, 5) is 36.7. The molecular formula is C27H27N5O5. The van der Waals surface area contributed by atoms with E-state index in [4.69, 9.17) is 15.2 Å². The van der Waals surface area contributed by atoms with Crippen LogP contribution in [0, 0.1) is 6.92 Å². The van der Waals surface area contributed by atoms with E-state index in [1.165, 1.54) is 12.4 Å². The van der Waals surface area contributed by atoms with Crippen LogP contribution in [0.1, 0.15) is 57.3 Å². The maximum atomic E-state index is 12.7. The summed E-state index contributed by atoms with van der Waals surface area (Å²) in [6.07, 6.45) is 5.08. The van der Waals surface area contributed by atoms with Crippen LogP contribution in [0.5, 0.6) is 5.75 Å². The molecule has 2 aromatic carbocycles. The standard InChI is InChI=1S/C27H27N5O5/c1-16-10-17(6-8-22(33)20-4-2-3-5-21(20)27(34)35)12-19(11-16)36-13-18-7-9-23(37-18)32-15-31-24-25(28)29-14-30-26(24)32/h2-5,10-12,14-15,18,23H,6-9,13H2,1H3,(H,34,35)(H2,28,29,30). The fraction of sp³-hybridized carbons (Fsp3) is 0.296. The van der Waals surface area contributed by atoms with Gasteiger partial charge in [-0.3, -0.25) is 9.36 Å². The van der Waals surface area contributed by atoms with Gasteiger partial charge >= 0.3 is 5.97 Å². The molecule has 1 aliphatic heterocycles. The second-order valence-electron chi connectivity index (χ2n) is 9.11. The molecule has 190 valence electrons. The molecule has 0 spiro atoms. The van der Waals surface area contributed by atoms with E-state index in [9.17, 15) is 14.7 Å². The van der Waals surface area contributed by atoms with Crippen LogP contribution in [0.15, 0.2) is 55.1 Å². The SMILES string of the molecule is Cc1cc(CCC(=O)c2ccccc2C(=O)O)cc(OCC2CCC(n3cnc4c(N)ncnc43)O2)c1. The zero-order valence-corrected chi connectivity index (χ0v) is 20.3. The lowest BCUT2D eigenvalue weighted by atomic mass is 9.98.